The molecule has 0 spiro atoms. The molecule has 0 bridgehead atoms. The Morgan fingerprint density at radius 2 is 1.51 bits per heavy atom. The van der Waals surface area contributed by atoms with E-state index < -0.39 is 0 Å². The van der Waals surface area contributed by atoms with Gasteiger partial charge in [0, 0.05) is 12.8 Å². The first-order valence-electron chi connectivity index (χ1n) is 14.7. The molecule has 1 aromatic rings. The van der Waals surface area contributed by atoms with Crippen molar-refractivity contribution in [3.63, 3.8) is 0 Å². The quantitative estimate of drug-likeness (QED) is 0.0995. The van der Waals surface area contributed by atoms with Crippen LogP contribution in [0.2, 0.25) is 0 Å². The van der Waals surface area contributed by atoms with Crippen LogP contribution in [0.3, 0.4) is 0 Å². The summed E-state index contributed by atoms with van der Waals surface area (Å²) in [6.45, 7) is 17.2. The third-order valence-electron chi connectivity index (χ3n) is 7.21. The highest BCUT2D eigenvalue weighted by Gasteiger charge is 2.28. The maximum Gasteiger partial charge on any atom is 0.361 e. The van der Waals surface area contributed by atoms with E-state index in [1.165, 1.54) is 50.5 Å². The van der Waals surface area contributed by atoms with Crippen molar-refractivity contribution in [2.75, 3.05) is 40.4 Å². The van der Waals surface area contributed by atoms with Crippen LogP contribution < -0.4 is 4.74 Å². The van der Waals surface area contributed by atoms with Crippen LogP contribution in [0, 0.1) is 0 Å². The largest absolute Gasteiger partial charge is 0.488 e. The van der Waals surface area contributed by atoms with E-state index in [-0.39, 0.29) is 17.2 Å². The molecule has 0 aliphatic heterocycles. The normalized spacial score (nSPS) is 13.4. The first kappa shape index (κ1) is 33.4. The number of nitrogens with zero attached hydrogens (tertiary/aromatic N) is 1. The second-order valence-corrected chi connectivity index (χ2v) is 12.6. The molecule has 0 amide bonds. The van der Waals surface area contributed by atoms with Crippen molar-refractivity contribution in [3.05, 3.63) is 29.8 Å². The molecule has 0 radical (unpaired) electrons. The molecular weight excluding hydrogens is 462 g/mol. The molecule has 37 heavy (non-hydrogen) atoms. The second kappa shape index (κ2) is 16.4. The van der Waals surface area contributed by atoms with Crippen LogP contribution in [0.15, 0.2) is 24.3 Å². The molecule has 5 nitrogen and oxygen atoms in total. The van der Waals surface area contributed by atoms with Gasteiger partial charge in [-0.1, -0.05) is 64.5 Å². The lowest BCUT2D eigenvalue weighted by Crippen LogP contribution is -2.47. The zero-order valence-electron chi connectivity index (χ0n) is 25.7. The predicted molar refractivity (Wildman–Crippen MR) is 155 cm³/mol. The molecule has 0 aliphatic rings. The number of esters is 1. The maximum absolute atomic E-state index is 11.9. The van der Waals surface area contributed by atoms with Crippen molar-refractivity contribution >= 4 is 5.97 Å². The number of ether oxygens (including phenoxy) is 3. The number of benzene rings is 1. The number of hydrogen-bond donors (Lipinski definition) is 0. The first-order chi connectivity index (χ1) is 17.3. The smallest absolute Gasteiger partial charge is 0.361 e. The summed E-state index contributed by atoms with van der Waals surface area (Å²) in [6, 6.07) is 8.68. The average molecular weight is 521 g/mol. The number of rotatable bonds is 20. The third-order valence-corrected chi connectivity index (χ3v) is 7.21. The van der Waals surface area contributed by atoms with E-state index in [0.29, 0.717) is 30.2 Å². The summed E-state index contributed by atoms with van der Waals surface area (Å²) in [4.78, 5) is 11.9. The molecule has 5 heteroatoms. The van der Waals surface area contributed by atoms with Crippen molar-refractivity contribution < 1.29 is 23.5 Å². The van der Waals surface area contributed by atoms with Crippen molar-refractivity contribution in [2.24, 2.45) is 0 Å². The van der Waals surface area contributed by atoms with E-state index in [2.05, 4.69) is 79.9 Å². The summed E-state index contributed by atoms with van der Waals surface area (Å²) in [5.74, 6) is 1.35. The molecule has 0 aliphatic carbocycles. The van der Waals surface area contributed by atoms with E-state index in [4.69, 9.17) is 14.2 Å². The lowest BCUT2D eigenvalue weighted by Gasteiger charge is -2.34. The summed E-state index contributed by atoms with van der Waals surface area (Å²) in [5, 5.41) is 0. The van der Waals surface area contributed by atoms with Gasteiger partial charge in [-0.3, -0.25) is 0 Å². The fourth-order valence-corrected chi connectivity index (χ4v) is 4.48. The molecule has 1 unspecified atom stereocenters. The van der Waals surface area contributed by atoms with E-state index >= 15 is 0 Å². The minimum absolute atomic E-state index is 0.148. The van der Waals surface area contributed by atoms with Crippen molar-refractivity contribution in [2.45, 2.75) is 123 Å². The SMILES string of the molecule is CCCCCCCCC(C)c1ccc(OC(C)(C)CCOC(C)(C)CC[N+](C)(C)CC(=O)OCC)cc1. The number of unbranched alkanes of at least 4 members (excludes halogenated alkanes) is 5. The van der Waals surface area contributed by atoms with Gasteiger partial charge >= 0.3 is 5.97 Å². The summed E-state index contributed by atoms with van der Waals surface area (Å²) < 4.78 is 18.3. The Labute approximate surface area is 228 Å². The molecular formula is C32H58NO4+. The van der Waals surface area contributed by atoms with Crippen LogP contribution in [0.1, 0.15) is 118 Å². The predicted octanol–water partition coefficient (Wildman–Crippen LogP) is 7.91. The van der Waals surface area contributed by atoms with Crippen molar-refractivity contribution in [3.8, 4) is 5.75 Å². The lowest BCUT2D eigenvalue weighted by molar-refractivity contribution is -0.884. The Bertz CT molecular complexity index is 755. The summed E-state index contributed by atoms with van der Waals surface area (Å²) in [5.41, 5.74) is 0.808. The van der Waals surface area contributed by atoms with E-state index in [1.807, 2.05) is 6.92 Å². The van der Waals surface area contributed by atoms with Crippen LogP contribution in [-0.4, -0.2) is 62.1 Å². The fraction of sp³-hybridized carbons (Fsp3) is 0.781. The second-order valence-electron chi connectivity index (χ2n) is 12.6. The van der Waals surface area contributed by atoms with Crippen LogP contribution in [0.5, 0.6) is 5.75 Å². The fourth-order valence-electron chi connectivity index (χ4n) is 4.48. The molecule has 0 saturated heterocycles. The molecule has 0 saturated carbocycles. The molecule has 0 aromatic heterocycles. The Morgan fingerprint density at radius 3 is 2.14 bits per heavy atom. The van der Waals surface area contributed by atoms with Crippen LogP contribution in [-0.2, 0) is 14.3 Å². The minimum atomic E-state index is -0.319. The number of carbonyl (C=O) groups is 1. The van der Waals surface area contributed by atoms with E-state index in [1.54, 1.807) is 0 Å². The molecule has 1 aromatic carbocycles. The van der Waals surface area contributed by atoms with Gasteiger partial charge in [0.15, 0.2) is 6.54 Å². The number of likely N-dealkylation sites (N-methyl/N-ethyl adjacent to an activating group) is 1. The van der Waals surface area contributed by atoms with Gasteiger partial charge in [0.25, 0.3) is 0 Å². The van der Waals surface area contributed by atoms with Gasteiger partial charge < -0.3 is 18.7 Å². The molecule has 0 fully saturated rings. The molecule has 0 N–H and O–H groups in total. The average Bonchev–Trinajstić information content (AvgIpc) is 2.80. The Balaban J connectivity index is 2.42. The maximum atomic E-state index is 11.9. The Morgan fingerprint density at radius 1 is 0.892 bits per heavy atom. The van der Waals surface area contributed by atoms with E-state index in [9.17, 15) is 4.79 Å². The van der Waals surface area contributed by atoms with Gasteiger partial charge in [-0.05, 0) is 64.7 Å². The zero-order chi connectivity index (χ0) is 28.0. The van der Waals surface area contributed by atoms with Gasteiger partial charge in [0.05, 0.1) is 39.5 Å². The third kappa shape index (κ3) is 15.4. The molecule has 1 rings (SSSR count). The van der Waals surface area contributed by atoms with Gasteiger partial charge in [0.2, 0.25) is 0 Å². The van der Waals surface area contributed by atoms with Gasteiger partial charge in [-0.2, -0.15) is 0 Å². The first-order valence-corrected chi connectivity index (χ1v) is 14.7. The molecule has 214 valence electrons. The highest BCUT2D eigenvalue weighted by atomic mass is 16.5. The number of quaternary nitrogens is 1. The van der Waals surface area contributed by atoms with Crippen LogP contribution in [0.25, 0.3) is 0 Å². The van der Waals surface area contributed by atoms with Crippen molar-refractivity contribution in [1.82, 2.24) is 0 Å². The minimum Gasteiger partial charge on any atom is -0.488 e. The highest BCUT2D eigenvalue weighted by Crippen LogP contribution is 2.27. The van der Waals surface area contributed by atoms with Gasteiger partial charge in [-0.25, -0.2) is 4.79 Å². The summed E-state index contributed by atoms with van der Waals surface area (Å²) in [7, 11) is 4.12. The number of hydrogen-bond acceptors (Lipinski definition) is 4. The van der Waals surface area contributed by atoms with Crippen LogP contribution in [0.4, 0.5) is 0 Å². The monoisotopic (exact) mass is 520 g/mol. The van der Waals surface area contributed by atoms with Gasteiger partial charge in [0.1, 0.15) is 11.4 Å². The standard InChI is InChI=1S/C32H58NO4/c1-10-12-13-14-15-16-17-27(3)28-18-20-29(21-19-28)37-32(6,7)23-25-36-31(4,5)22-24-33(8,9)26-30(34)35-11-2/h18-21,27H,10-17,22-26H2,1-9H3/q+1. The number of carbonyl (C=O) groups excluding carboxylic acids is 1. The summed E-state index contributed by atoms with van der Waals surface area (Å²) in [6.07, 6.45) is 11.0. The molecule has 0 heterocycles. The van der Waals surface area contributed by atoms with Crippen LogP contribution >= 0.6 is 0 Å². The Kier molecular flexibility index (Phi) is 14.8. The van der Waals surface area contributed by atoms with Gasteiger partial charge in [-0.15, -0.1) is 0 Å². The topological polar surface area (TPSA) is 44.8 Å². The van der Waals surface area contributed by atoms with Crippen molar-refractivity contribution in [1.29, 1.82) is 0 Å². The van der Waals surface area contributed by atoms with E-state index in [0.717, 1.165) is 25.1 Å². The highest BCUT2D eigenvalue weighted by molar-refractivity contribution is 5.70. The molecule has 1 atom stereocenters. The lowest BCUT2D eigenvalue weighted by atomic mass is 9.94. The summed E-state index contributed by atoms with van der Waals surface area (Å²) >= 11 is 0. The Hall–Kier alpha value is -1.59. The zero-order valence-corrected chi connectivity index (χ0v) is 25.7.